The Labute approximate surface area is 148 Å². The Morgan fingerprint density at radius 1 is 1.04 bits per heavy atom. The minimum absolute atomic E-state index is 0.429. The Morgan fingerprint density at radius 2 is 1.75 bits per heavy atom. The van der Waals surface area contributed by atoms with Crippen molar-refractivity contribution in [2.24, 2.45) is 0 Å². The fraction of sp³-hybridized carbons (Fsp3) is 0.588. The Bertz CT molecular complexity index is 513. The first kappa shape index (κ1) is 19.5. The summed E-state index contributed by atoms with van der Waals surface area (Å²) in [4.78, 5) is 0. The molecule has 1 aromatic rings. The molecule has 5 atom stereocenters. The van der Waals surface area contributed by atoms with E-state index in [1.165, 1.54) is 5.56 Å². The van der Waals surface area contributed by atoms with Crippen molar-refractivity contribution in [1.29, 1.82) is 5.41 Å². The molecule has 0 spiro atoms. The average molecular weight is 402 g/mol. The van der Waals surface area contributed by atoms with E-state index < -0.39 is 51.0 Å². The summed E-state index contributed by atoms with van der Waals surface area (Å²) in [5, 5.41) is 46.0. The van der Waals surface area contributed by atoms with E-state index in [0.717, 1.165) is 19.3 Å². The van der Waals surface area contributed by atoms with Crippen LogP contribution in [0.15, 0.2) is 30.3 Å². The van der Waals surface area contributed by atoms with E-state index in [1.807, 2.05) is 18.2 Å². The molecule has 134 valence electrons. The number of rotatable bonds is 8. The molecule has 0 bridgehead atoms. The molecule has 1 saturated heterocycles. The van der Waals surface area contributed by atoms with Gasteiger partial charge in [-0.25, -0.2) is 0 Å². The third-order valence-corrected chi connectivity index (χ3v) is 6.40. The van der Waals surface area contributed by atoms with E-state index in [-0.39, 0.29) is 0 Å². The van der Waals surface area contributed by atoms with Crippen molar-refractivity contribution in [3.63, 3.8) is 0 Å². The molecule has 2 rings (SSSR count). The summed E-state index contributed by atoms with van der Waals surface area (Å²) < 4.78 is 5.95. The van der Waals surface area contributed by atoms with Gasteiger partial charge in [0, 0.05) is 0 Å². The van der Waals surface area contributed by atoms with Gasteiger partial charge in [-0.05, 0) is 0 Å². The van der Waals surface area contributed by atoms with Gasteiger partial charge in [0.1, 0.15) is 0 Å². The van der Waals surface area contributed by atoms with Crippen LogP contribution in [0.1, 0.15) is 24.8 Å². The quantitative estimate of drug-likeness (QED) is 0.236. The molecule has 7 heteroatoms. The second kappa shape index (κ2) is 9.63. The van der Waals surface area contributed by atoms with Crippen molar-refractivity contribution in [3.05, 3.63) is 35.9 Å². The molecule has 0 amide bonds. The van der Waals surface area contributed by atoms with Crippen molar-refractivity contribution in [3.8, 4) is 0 Å². The van der Waals surface area contributed by atoms with Gasteiger partial charge in [-0.2, -0.15) is 0 Å². The third kappa shape index (κ3) is 5.36. The van der Waals surface area contributed by atoms with Crippen molar-refractivity contribution in [2.45, 2.75) is 55.1 Å². The number of benzene rings is 1. The first-order valence-corrected chi connectivity index (χ1v) is 9.96. The fourth-order valence-electron chi connectivity index (χ4n) is 2.62. The number of hydrogen-bond donors (Lipinski definition) is 5. The second-order valence-electron chi connectivity index (χ2n) is 5.93. The van der Waals surface area contributed by atoms with Crippen molar-refractivity contribution in [2.75, 3.05) is 6.61 Å². The third-order valence-electron chi connectivity index (χ3n) is 4.07. The van der Waals surface area contributed by atoms with Crippen LogP contribution in [0.25, 0.3) is 0 Å². The van der Waals surface area contributed by atoms with E-state index in [9.17, 15) is 20.4 Å². The summed E-state index contributed by atoms with van der Waals surface area (Å²) in [6.45, 7) is -0.429. The summed E-state index contributed by atoms with van der Waals surface area (Å²) in [5.74, 6) is 0. The number of nitrogens with one attached hydrogen (secondary N) is 1. The molecule has 1 heterocycles. The van der Waals surface area contributed by atoms with Crippen molar-refractivity contribution < 1.29 is 25.2 Å². The van der Waals surface area contributed by atoms with Crippen molar-refractivity contribution >= 4 is 19.6 Å². The first-order valence-electron chi connectivity index (χ1n) is 8.11. The zero-order valence-electron chi connectivity index (χ0n) is 13.4. The van der Waals surface area contributed by atoms with E-state index in [1.54, 1.807) is 0 Å². The number of aliphatic hydroxyl groups excluding tert-OH is 4. The second-order valence-corrected chi connectivity index (χ2v) is 8.43. The zero-order chi connectivity index (χ0) is 17.5. The molecule has 1 fully saturated rings. The fourth-order valence-corrected chi connectivity index (χ4v) is 4.81. The number of ether oxygens (including phenoxy) is 1. The molecule has 0 radical (unpaired) electrons. The topological polar surface area (TPSA) is 114 Å². The zero-order valence-corrected chi connectivity index (χ0v) is 15.1. The molecule has 6 nitrogen and oxygen atoms in total. The summed E-state index contributed by atoms with van der Waals surface area (Å²) >= 11 is -0.444. The Kier molecular flexibility index (Phi) is 7.84. The Balaban J connectivity index is 1.73. The van der Waals surface area contributed by atoms with Gasteiger partial charge in [0.2, 0.25) is 0 Å². The van der Waals surface area contributed by atoms with Gasteiger partial charge in [0.25, 0.3) is 0 Å². The van der Waals surface area contributed by atoms with Crippen LogP contribution in [0, 0.1) is 5.41 Å². The normalized spacial score (nSPS) is 30.2. The van der Waals surface area contributed by atoms with Gasteiger partial charge in [0.05, 0.1) is 0 Å². The Hall–Kier alpha value is -0.791. The molecule has 0 aromatic heterocycles. The molecular weight excluding hydrogens is 377 g/mol. The number of aliphatic hydroxyl groups is 4. The van der Waals surface area contributed by atoms with Gasteiger partial charge in [-0.3, -0.25) is 0 Å². The van der Waals surface area contributed by atoms with E-state index >= 15 is 0 Å². The molecule has 1 aliphatic heterocycles. The predicted molar refractivity (Wildman–Crippen MR) is 91.2 cm³/mol. The maximum absolute atomic E-state index is 9.99. The van der Waals surface area contributed by atoms with E-state index in [0.29, 0.717) is 11.0 Å². The first-order chi connectivity index (χ1) is 11.5. The summed E-state index contributed by atoms with van der Waals surface area (Å²) in [6.07, 6.45) is -1.34. The summed E-state index contributed by atoms with van der Waals surface area (Å²) in [7, 11) is 0. The molecule has 1 aromatic carbocycles. The monoisotopic (exact) mass is 403 g/mol. The number of unbranched alkanes of at least 4 members (excludes halogenated alkanes) is 1. The molecule has 5 N–H and O–H groups in total. The van der Waals surface area contributed by atoms with E-state index in [2.05, 4.69) is 12.1 Å². The van der Waals surface area contributed by atoms with Crippen LogP contribution < -0.4 is 0 Å². The van der Waals surface area contributed by atoms with Gasteiger partial charge >= 0.3 is 148 Å². The van der Waals surface area contributed by atoms with Gasteiger partial charge < -0.3 is 0 Å². The summed E-state index contributed by atoms with van der Waals surface area (Å²) in [6, 6.07) is 10.2. The van der Waals surface area contributed by atoms with Crippen LogP contribution in [0.2, 0.25) is 0 Å². The van der Waals surface area contributed by atoms with Gasteiger partial charge in [-0.15, -0.1) is 0 Å². The summed E-state index contributed by atoms with van der Waals surface area (Å²) in [5.41, 5.74) is 1.28. The number of aryl methyl sites for hydroxylation is 1. The van der Waals surface area contributed by atoms with Crippen LogP contribution in [0.4, 0.5) is 0 Å². The molecular formula is C17H25NO5Se. The molecule has 24 heavy (non-hydrogen) atoms. The van der Waals surface area contributed by atoms with Crippen LogP contribution in [0.3, 0.4) is 0 Å². The van der Waals surface area contributed by atoms with Gasteiger partial charge in [0.15, 0.2) is 0 Å². The molecule has 1 aliphatic rings. The van der Waals surface area contributed by atoms with Crippen LogP contribution in [-0.2, 0) is 11.2 Å². The molecule has 0 saturated carbocycles. The standard InChI is InChI=1S/C17H25NO5Se/c18-13(9-5-4-8-11-6-2-1-3-7-11)24-17-16(22)15(21)14(20)12(10-19)23-17/h1-3,6-7,12,14-22H,4-5,8-10H2/t12?,14-,15+,16?,17+/m1/s1. The average Bonchev–Trinajstić information content (AvgIpc) is 2.60. The van der Waals surface area contributed by atoms with Crippen LogP contribution in [-0.4, -0.2) is 76.0 Å². The minimum atomic E-state index is -1.35. The van der Waals surface area contributed by atoms with Crippen LogP contribution in [0.5, 0.6) is 0 Å². The van der Waals surface area contributed by atoms with E-state index in [4.69, 9.17) is 10.1 Å². The van der Waals surface area contributed by atoms with Crippen LogP contribution >= 0.6 is 0 Å². The molecule has 2 unspecified atom stereocenters. The number of hydrogen-bond acceptors (Lipinski definition) is 6. The van der Waals surface area contributed by atoms with Crippen molar-refractivity contribution in [1.82, 2.24) is 0 Å². The van der Waals surface area contributed by atoms with Gasteiger partial charge in [-0.1, -0.05) is 0 Å². The molecule has 0 aliphatic carbocycles. The Morgan fingerprint density at radius 3 is 2.42 bits per heavy atom. The predicted octanol–water partition coefficient (Wildman–Crippen LogP) is -0.119. The maximum atomic E-state index is 9.99. The SMILES string of the molecule is N=C(CCCCc1ccccc1)[Se][C@@H]1OC(CO)[C@@H](O)[C@H](O)C1O.